The maximum absolute atomic E-state index is 11.7. The Morgan fingerprint density at radius 2 is 1.61 bits per heavy atom. The first-order valence-corrected chi connectivity index (χ1v) is 7.42. The molecule has 0 aliphatic rings. The molecule has 0 bridgehead atoms. The molecule has 0 fully saturated rings. The van der Waals surface area contributed by atoms with E-state index in [0.29, 0.717) is 6.42 Å². The van der Waals surface area contributed by atoms with Gasteiger partial charge in [-0.05, 0) is 6.42 Å². The predicted molar refractivity (Wildman–Crippen MR) is 76.3 cm³/mol. The number of carboxylic acids is 1. The molecule has 0 spiro atoms. The van der Waals surface area contributed by atoms with Gasteiger partial charge in [-0.3, -0.25) is 14.4 Å². The minimum atomic E-state index is -2.07. The van der Waals surface area contributed by atoms with Gasteiger partial charge in [-0.15, -0.1) is 0 Å². The van der Waals surface area contributed by atoms with Crippen LogP contribution in [0, 0.1) is 0 Å². The van der Waals surface area contributed by atoms with Crippen molar-refractivity contribution in [2.24, 2.45) is 0 Å². The number of hydroxylamine groups is 2. The first kappa shape index (κ1) is 20.8. The zero-order chi connectivity index (χ0) is 17.8. The zero-order valence-electron chi connectivity index (χ0n) is 13.6. The molecule has 0 saturated heterocycles. The first-order valence-electron chi connectivity index (χ1n) is 7.42. The molecule has 132 valence electrons. The lowest BCUT2D eigenvalue weighted by atomic mass is 10.2. The number of ether oxygens (including phenoxy) is 1. The third-order valence-electron chi connectivity index (χ3n) is 2.59. The second-order valence-corrected chi connectivity index (χ2v) is 4.68. The second kappa shape index (κ2) is 11.4. The van der Waals surface area contributed by atoms with Crippen molar-refractivity contribution in [1.82, 2.24) is 5.23 Å². The molecular weight excluding hydrogens is 310 g/mol. The van der Waals surface area contributed by atoms with E-state index in [2.05, 4.69) is 9.57 Å². The van der Waals surface area contributed by atoms with Crippen LogP contribution < -0.4 is 0 Å². The summed E-state index contributed by atoms with van der Waals surface area (Å²) in [5.41, 5.74) is 0. The van der Waals surface area contributed by atoms with Crippen LogP contribution in [0.2, 0.25) is 0 Å². The second-order valence-electron chi connectivity index (χ2n) is 4.68. The highest BCUT2D eigenvalue weighted by Crippen LogP contribution is 2.10. The summed E-state index contributed by atoms with van der Waals surface area (Å²) in [6, 6.07) is 0. The first-order chi connectivity index (χ1) is 10.8. The lowest BCUT2D eigenvalue weighted by Gasteiger charge is -2.24. The molecule has 0 saturated carbocycles. The molecule has 0 aliphatic carbocycles. The van der Waals surface area contributed by atoms with Crippen molar-refractivity contribution in [2.75, 3.05) is 0 Å². The van der Waals surface area contributed by atoms with Gasteiger partial charge in [-0.25, -0.2) is 4.79 Å². The van der Waals surface area contributed by atoms with Crippen LogP contribution in [0.25, 0.3) is 0 Å². The van der Waals surface area contributed by atoms with Gasteiger partial charge >= 0.3 is 30.1 Å². The standard InChI is InChI=1S/C14H23NO8/c1-4-6-7-8-9-12(18)23-15(22-11(17)5-2)13(14(19)20)21-10(3)16/h13H,4-9H2,1-3H3,(H,19,20). The molecule has 1 unspecified atom stereocenters. The Bertz CT molecular complexity index is 423. The molecule has 1 N–H and O–H groups in total. The van der Waals surface area contributed by atoms with E-state index in [4.69, 9.17) is 9.94 Å². The van der Waals surface area contributed by atoms with Gasteiger partial charge in [0.2, 0.25) is 0 Å². The summed E-state index contributed by atoms with van der Waals surface area (Å²) in [6.45, 7) is 4.46. The Balaban J connectivity index is 4.83. The molecule has 0 rings (SSSR count). The van der Waals surface area contributed by atoms with Gasteiger partial charge in [0.05, 0.1) is 5.23 Å². The van der Waals surface area contributed by atoms with Gasteiger partial charge in [0.15, 0.2) is 0 Å². The van der Waals surface area contributed by atoms with Gasteiger partial charge in [-0.1, -0.05) is 33.1 Å². The SMILES string of the molecule is CCCCCCC(=O)ON(OC(=O)CC)C(OC(C)=O)C(=O)O. The number of hydrogen-bond acceptors (Lipinski definition) is 8. The summed E-state index contributed by atoms with van der Waals surface area (Å²) < 4.78 is 4.50. The molecule has 9 nitrogen and oxygen atoms in total. The molecule has 0 heterocycles. The summed E-state index contributed by atoms with van der Waals surface area (Å²) in [4.78, 5) is 54.5. The molecular formula is C14H23NO8. The molecule has 0 aliphatic heterocycles. The molecule has 0 amide bonds. The zero-order valence-corrected chi connectivity index (χ0v) is 13.6. The number of unbranched alkanes of at least 4 members (excludes halogenated alkanes) is 3. The number of aliphatic carboxylic acids is 1. The molecule has 0 aromatic carbocycles. The highest BCUT2D eigenvalue weighted by Gasteiger charge is 2.35. The largest absolute Gasteiger partial charge is 0.477 e. The fourth-order valence-corrected chi connectivity index (χ4v) is 1.46. The number of carboxylic acid groups (broad SMARTS) is 1. The molecule has 0 aromatic rings. The number of nitrogens with zero attached hydrogens (tertiary/aromatic N) is 1. The minimum absolute atomic E-state index is 0.0204. The summed E-state index contributed by atoms with van der Waals surface area (Å²) in [5.74, 6) is -4.22. The van der Waals surface area contributed by atoms with Crippen molar-refractivity contribution in [1.29, 1.82) is 0 Å². The van der Waals surface area contributed by atoms with Gasteiger partial charge in [0.1, 0.15) is 0 Å². The maximum Gasteiger partial charge on any atom is 0.367 e. The van der Waals surface area contributed by atoms with Crippen molar-refractivity contribution >= 4 is 23.9 Å². The fourth-order valence-electron chi connectivity index (χ4n) is 1.46. The highest BCUT2D eigenvalue weighted by molar-refractivity contribution is 5.77. The Hall–Kier alpha value is -2.16. The average Bonchev–Trinajstić information content (AvgIpc) is 2.48. The van der Waals surface area contributed by atoms with Gasteiger partial charge in [0.25, 0.3) is 0 Å². The molecule has 23 heavy (non-hydrogen) atoms. The average molecular weight is 333 g/mol. The Morgan fingerprint density at radius 3 is 2.09 bits per heavy atom. The van der Waals surface area contributed by atoms with Crippen LogP contribution in [0.15, 0.2) is 0 Å². The van der Waals surface area contributed by atoms with Gasteiger partial charge in [0, 0.05) is 19.8 Å². The van der Waals surface area contributed by atoms with E-state index in [9.17, 15) is 19.2 Å². The third kappa shape index (κ3) is 9.46. The quantitative estimate of drug-likeness (QED) is 0.260. The van der Waals surface area contributed by atoms with Crippen LogP contribution in [0.4, 0.5) is 0 Å². The van der Waals surface area contributed by atoms with E-state index in [0.717, 1.165) is 26.2 Å². The topological polar surface area (TPSA) is 119 Å². The van der Waals surface area contributed by atoms with Gasteiger partial charge < -0.3 is 19.5 Å². The van der Waals surface area contributed by atoms with Crippen LogP contribution in [-0.4, -0.2) is 40.4 Å². The Labute approximate surface area is 134 Å². The Morgan fingerprint density at radius 1 is 1.00 bits per heavy atom. The lowest BCUT2D eigenvalue weighted by molar-refractivity contribution is -0.369. The van der Waals surface area contributed by atoms with Crippen LogP contribution in [-0.2, 0) is 33.6 Å². The number of carbonyl (C=O) groups excluding carboxylic acids is 3. The van der Waals surface area contributed by atoms with E-state index in [1.807, 2.05) is 6.92 Å². The van der Waals surface area contributed by atoms with Crippen molar-refractivity contribution in [3.05, 3.63) is 0 Å². The van der Waals surface area contributed by atoms with Crippen LogP contribution in [0.5, 0.6) is 0 Å². The monoisotopic (exact) mass is 333 g/mol. The van der Waals surface area contributed by atoms with Crippen molar-refractivity contribution in [2.45, 2.75) is 65.5 Å². The molecule has 9 heteroatoms. The molecule has 0 radical (unpaired) electrons. The number of carbonyl (C=O) groups is 4. The number of esters is 1. The van der Waals surface area contributed by atoms with E-state index >= 15 is 0 Å². The van der Waals surface area contributed by atoms with E-state index in [1.54, 1.807) is 0 Å². The summed E-state index contributed by atoms with van der Waals surface area (Å²) in [7, 11) is 0. The van der Waals surface area contributed by atoms with E-state index in [-0.39, 0.29) is 18.1 Å². The summed E-state index contributed by atoms with van der Waals surface area (Å²) in [6.07, 6.45) is 1.17. The molecule has 0 aromatic heterocycles. The van der Waals surface area contributed by atoms with E-state index in [1.165, 1.54) is 6.92 Å². The lowest BCUT2D eigenvalue weighted by Crippen LogP contribution is -2.46. The van der Waals surface area contributed by atoms with Crippen molar-refractivity contribution in [3.63, 3.8) is 0 Å². The van der Waals surface area contributed by atoms with E-state index < -0.39 is 30.1 Å². The van der Waals surface area contributed by atoms with Crippen LogP contribution >= 0.6 is 0 Å². The van der Waals surface area contributed by atoms with Crippen molar-refractivity contribution < 1.29 is 38.7 Å². The molecule has 1 atom stereocenters. The van der Waals surface area contributed by atoms with Crippen LogP contribution in [0.1, 0.15) is 59.3 Å². The number of rotatable bonds is 11. The summed E-state index contributed by atoms with van der Waals surface area (Å²) >= 11 is 0. The fraction of sp³-hybridized carbons (Fsp3) is 0.714. The van der Waals surface area contributed by atoms with Crippen molar-refractivity contribution in [3.8, 4) is 0 Å². The third-order valence-corrected chi connectivity index (χ3v) is 2.59. The smallest absolute Gasteiger partial charge is 0.367 e. The summed E-state index contributed by atoms with van der Waals surface area (Å²) in [5, 5.41) is 9.14. The van der Waals surface area contributed by atoms with Gasteiger partial charge in [-0.2, -0.15) is 0 Å². The predicted octanol–water partition coefficient (Wildman–Crippen LogP) is 1.56. The number of hydrogen-bond donors (Lipinski definition) is 1. The Kier molecular flexibility index (Phi) is 10.3. The van der Waals surface area contributed by atoms with Crippen LogP contribution in [0.3, 0.4) is 0 Å². The normalized spacial score (nSPS) is 11.7. The maximum atomic E-state index is 11.7. The minimum Gasteiger partial charge on any atom is -0.477 e. The highest BCUT2D eigenvalue weighted by atomic mass is 17.0.